The highest BCUT2D eigenvalue weighted by Crippen LogP contribution is 2.28. The maximum atomic E-state index is 12.9. The molecule has 2 heterocycles. The van der Waals surface area contributed by atoms with E-state index in [1.54, 1.807) is 17.0 Å². The van der Waals surface area contributed by atoms with Gasteiger partial charge in [0.2, 0.25) is 5.91 Å². The zero-order valence-electron chi connectivity index (χ0n) is 17.0. The fraction of sp³-hybridized carbons (Fsp3) is 0.368. The van der Waals surface area contributed by atoms with Gasteiger partial charge in [0, 0.05) is 25.2 Å². The van der Waals surface area contributed by atoms with Crippen molar-refractivity contribution in [2.75, 3.05) is 52.3 Å². The molecule has 0 radical (unpaired) electrons. The lowest BCUT2D eigenvalue weighted by Gasteiger charge is -2.26. The van der Waals surface area contributed by atoms with E-state index in [-0.39, 0.29) is 10.1 Å². The standard InChI is InChI=1S/C19H22ClN3O6S2/c1-22(12-17(24)21-14-11-13(20)3-4-15(14)28-2)31(26,27)18-6-5-16(30-18)19(25)23-7-9-29-10-8-23/h3-6,11H,7-10,12H2,1-2H3,(H,21,24). The maximum absolute atomic E-state index is 12.9. The SMILES string of the molecule is COc1ccc(Cl)cc1NC(=O)CN(C)S(=O)(=O)c1ccc(C(=O)N2CCOCC2)s1. The van der Waals surface area contributed by atoms with E-state index < -0.39 is 22.5 Å². The summed E-state index contributed by atoms with van der Waals surface area (Å²) in [6.45, 7) is 1.41. The third kappa shape index (κ3) is 5.55. The van der Waals surface area contributed by atoms with E-state index in [2.05, 4.69) is 5.32 Å². The van der Waals surface area contributed by atoms with Crippen LogP contribution in [0.2, 0.25) is 5.02 Å². The van der Waals surface area contributed by atoms with Crippen LogP contribution < -0.4 is 10.1 Å². The molecule has 12 heteroatoms. The van der Waals surface area contributed by atoms with Crippen LogP contribution in [0.25, 0.3) is 0 Å². The van der Waals surface area contributed by atoms with Crippen LogP contribution in [0.15, 0.2) is 34.5 Å². The number of hydrogen-bond acceptors (Lipinski definition) is 7. The number of anilines is 1. The Bertz CT molecular complexity index is 1070. The van der Waals surface area contributed by atoms with Gasteiger partial charge in [-0.25, -0.2) is 8.42 Å². The largest absolute Gasteiger partial charge is 0.495 e. The van der Waals surface area contributed by atoms with Gasteiger partial charge in [-0.1, -0.05) is 11.6 Å². The molecule has 1 aromatic carbocycles. The van der Waals surface area contributed by atoms with E-state index in [4.69, 9.17) is 21.1 Å². The number of ether oxygens (including phenoxy) is 2. The topological polar surface area (TPSA) is 105 Å². The summed E-state index contributed by atoms with van der Waals surface area (Å²) >= 11 is 6.83. The van der Waals surface area contributed by atoms with Crippen LogP contribution in [0.3, 0.4) is 0 Å². The van der Waals surface area contributed by atoms with Crippen LogP contribution in [0.4, 0.5) is 5.69 Å². The number of hydrogen-bond donors (Lipinski definition) is 1. The van der Waals surface area contributed by atoms with Crippen molar-refractivity contribution in [2.45, 2.75) is 4.21 Å². The minimum atomic E-state index is -3.96. The van der Waals surface area contributed by atoms with Crippen LogP contribution in [0.5, 0.6) is 5.75 Å². The highest BCUT2D eigenvalue weighted by atomic mass is 35.5. The van der Waals surface area contributed by atoms with E-state index >= 15 is 0 Å². The molecule has 0 unspecified atom stereocenters. The van der Waals surface area contributed by atoms with Gasteiger partial charge in [-0.05, 0) is 30.3 Å². The Balaban J connectivity index is 1.68. The van der Waals surface area contributed by atoms with Crippen molar-refractivity contribution in [1.29, 1.82) is 0 Å². The van der Waals surface area contributed by atoms with Crippen molar-refractivity contribution in [2.24, 2.45) is 0 Å². The fourth-order valence-corrected chi connectivity index (χ4v) is 5.69. The maximum Gasteiger partial charge on any atom is 0.264 e. The number of likely N-dealkylation sites (N-methyl/N-ethyl adjacent to an activating group) is 1. The van der Waals surface area contributed by atoms with Crippen molar-refractivity contribution in [1.82, 2.24) is 9.21 Å². The molecule has 1 aliphatic rings. The highest BCUT2D eigenvalue weighted by molar-refractivity contribution is 7.91. The number of methoxy groups -OCH3 is 1. The summed E-state index contributed by atoms with van der Waals surface area (Å²) < 4.78 is 37.1. The molecule has 3 rings (SSSR count). The number of halogens is 1. The smallest absolute Gasteiger partial charge is 0.264 e. The van der Waals surface area contributed by atoms with E-state index in [1.165, 1.54) is 32.4 Å². The number of sulfonamides is 1. The van der Waals surface area contributed by atoms with Gasteiger partial charge in [0.1, 0.15) is 9.96 Å². The summed E-state index contributed by atoms with van der Waals surface area (Å²) in [5.74, 6) is -0.399. The van der Waals surface area contributed by atoms with Gasteiger partial charge < -0.3 is 19.7 Å². The molecule has 0 aliphatic carbocycles. The Kier molecular flexibility index (Phi) is 7.55. The molecule has 0 spiro atoms. The Morgan fingerprint density at radius 1 is 1.26 bits per heavy atom. The lowest BCUT2D eigenvalue weighted by atomic mass is 10.3. The average molecular weight is 488 g/mol. The summed E-state index contributed by atoms with van der Waals surface area (Å²) in [7, 11) is -1.21. The second kappa shape index (κ2) is 9.96. The number of rotatable bonds is 7. The monoisotopic (exact) mass is 487 g/mol. The molecular formula is C19H22ClN3O6S2. The van der Waals surface area contributed by atoms with Crippen LogP contribution in [0.1, 0.15) is 9.67 Å². The normalized spacial score (nSPS) is 14.5. The van der Waals surface area contributed by atoms with Crippen molar-refractivity contribution in [3.63, 3.8) is 0 Å². The molecule has 9 nitrogen and oxygen atoms in total. The second-order valence-corrected chi connectivity index (χ2v) is 10.5. The van der Waals surface area contributed by atoms with Crippen molar-refractivity contribution < 1.29 is 27.5 Å². The summed E-state index contributed by atoms with van der Waals surface area (Å²) in [6, 6.07) is 7.58. The van der Waals surface area contributed by atoms with Crippen LogP contribution in [-0.2, 0) is 19.6 Å². The van der Waals surface area contributed by atoms with Gasteiger partial charge in [-0.2, -0.15) is 4.31 Å². The predicted octanol–water partition coefficient (Wildman–Crippen LogP) is 2.14. The third-order valence-corrected chi connectivity index (χ3v) is 8.14. The molecule has 2 aromatic rings. The minimum Gasteiger partial charge on any atom is -0.495 e. The van der Waals surface area contributed by atoms with Gasteiger partial charge in [0.25, 0.3) is 15.9 Å². The predicted molar refractivity (Wildman–Crippen MR) is 117 cm³/mol. The van der Waals surface area contributed by atoms with Crippen molar-refractivity contribution in [3.8, 4) is 5.75 Å². The van der Waals surface area contributed by atoms with Crippen LogP contribution in [-0.4, -0.2) is 76.4 Å². The molecule has 1 aromatic heterocycles. The van der Waals surface area contributed by atoms with Crippen molar-refractivity contribution >= 4 is 50.5 Å². The lowest BCUT2D eigenvalue weighted by Crippen LogP contribution is -2.40. The molecule has 1 N–H and O–H groups in total. The Hall–Kier alpha value is -2.18. The minimum absolute atomic E-state index is 0.0141. The molecule has 0 bridgehead atoms. The molecule has 0 saturated carbocycles. The molecule has 1 aliphatic heterocycles. The first-order chi connectivity index (χ1) is 14.7. The molecule has 0 atom stereocenters. The van der Waals surface area contributed by atoms with Gasteiger partial charge in [-0.15, -0.1) is 11.3 Å². The lowest BCUT2D eigenvalue weighted by molar-refractivity contribution is -0.116. The first kappa shape index (κ1) is 23.5. The first-order valence-corrected chi connectivity index (χ1v) is 11.9. The van der Waals surface area contributed by atoms with E-state index in [1.807, 2.05) is 0 Å². The summed E-state index contributed by atoms with van der Waals surface area (Å²) in [4.78, 5) is 26.9. The molecule has 168 valence electrons. The summed E-state index contributed by atoms with van der Waals surface area (Å²) in [6.07, 6.45) is 0. The van der Waals surface area contributed by atoms with Gasteiger partial charge in [0.05, 0.1) is 37.4 Å². The Morgan fingerprint density at radius 2 is 1.97 bits per heavy atom. The first-order valence-electron chi connectivity index (χ1n) is 9.29. The molecule has 1 fully saturated rings. The molecular weight excluding hydrogens is 466 g/mol. The van der Waals surface area contributed by atoms with Crippen molar-refractivity contribution in [3.05, 3.63) is 40.2 Å². The summed E-state index contributed by atoms with van der Waals surface area (Å²) in [5.41, 5.74) is 0.334. The van der Waals surface area contributed by atoms with E-state index in [0.29, 0.717) is 47.6 Å². The number of thiophene rings is 1. The number of benzene rings is 1. The number of carbonyl (C=O) groups is 2. The third-order valence-electron chi connectivity index (χ3n) is 4.56. The number of carbonyl (C=O) groups excluding carboxylic acids is 2. The number of amides is 2. The zero-order valence-corrected chi connectivity index (χ0v) is 19.3. The van der Waals surface area contributed by atoms with Gasteiger partial charge in [-0.3, -0.25) is 9.59 Å². The molecule has 2 amide bonds. The highest BCUT2D eigenvalue weighted by Gasteiger charge is 2.27. The van der Waals surface area contributed by atoms with E-state index in [9.17, 15) is 18.0 Å². The molecule has 31 heavy (non-hydrogen) atoms. The quantitative estimate of drug-likeness (QED) is 0.641. The fourth-order valence-electron chi connectivity index (χ4n) is 2.90. The number of nitrogens with zero attached hydrogens (tertiary/aromatic N) is 2. The number of nitrogens with one attached hydrogen (secondary N) is 1. The van der Waals surface area contributed by atoms with Gasteiger partial charge >= 0.3 is 0 Å². The number of morpholine rings is 1. The zero-order chi connectivity index (χ0) is 22.6. The Morgan fingerprint density at radius 3 is 2.65 bits per heavy atom. The van der Waals surface area contributed by atoms with Crippen LogP contribution >= 0.6 is 22.9 Å². The van der Waals surface area contributed by atoms with E-state index in [0.717, 1.165) is 15.6 Å². The van der Waals surface area contributed by atoms with Gasteiger partial charge in [0.15, 0.2) is 0 Å². The average Bonchev–Trinajstić information content (AvgIpc) is 3.25. The second-order valence-electron chi connectivity index (χ2n) is 6.68. The Labute approximate surface area is 189 Å². The molecule has 1 saturated heterocycles. The van der Waals surface area contributed by atoms with Crippen LogP contribution in [0, 0.1) is 0 Å². The summed E-state index contributed by atoms with van der Waals surface area (Å²) in [5, 5.41) is 3.00.